The first kappa shape index (κ1) is 19.8. The maximum Gasteiger partial charge on any atom is 0.327 e. The van der Waals surface area contributed by atoms with Crippen LogP contribution in [0.3, 0.4) is 0 Å². The smallest absolute Gasteiger partial charge is 0.327 e. The van der Waals surface area contributed by atoms with Crippen molar-refractivity contribution in [2.45, 2.75) is 12.5 Å². The van der Waals surface area contributed by atoms with Gasteiger partial charge in [-0.2, -0.15) is 0 Å². The lowest BCUT2D eigenvalue weighted by atomic mass is 10.2. The SMILES string of the molecule is O=C(O)C[C@H](C(=O)O)N1C(=O)/C(=C\c2ccc(-c3ccc(F)cc3)o2)SC1=S. The molecule has 2 heterocycles. The molecule has 0 bridgehead atoms. The van der Waals surface area contributed by atoms with E-state index in [0.717, 1.165) is 16.7 Å². The van der Waals surface area contributed by atoms with E-state index in [0.29, 0.717) is 17.1 Å². The van der Waals surface area contributed by atoms with Gasteiger partial charge < -0.3 is 14.6 Å². The molecule has 0 radical (unpaired) electrons. The Morgan fingerprint density at radius 1 is 1.21 bits per heavy atom. The Labute approximate surface area is 167 Å². The van der Waals surface area contributed by atoms with Crippen LogP contribution in [0.15, 0.2) is 45.7 Å². The van der Waals surface area contributed by atoms with Crippen molar-refractivity contribution in [2.75, 3.05) is 0 Å². The number of rotatable bonds is 6. The molecule has 1 amide bonds. The van der Waals surface area contributed by atoms with Gasteiger partial charge in [-0.3, -0.25) is 14.5 Å². The molecule has 0 unspecified atom stereocenters. The maximum absolute atomic E-state index is 13.0. The second kappa shape index (κ2) is 7.95. The minimum absolute atomic E-state index is 0.0461. The number of amides is 1. The number of carboxylic acid groups (broad SMARTS) is 2. The van der Waals surface area contributed by atoms with Gasteiger partial charge in [0.15, 0.2) is 0 Å². The molecule has 1 aromatic heterocycles. The first-order valence-electron chi connectivity index (χ1n) is 7.83. The molecule has 1 saturated heterocycles. The lowest BCUT2D eigenvalue weighted by molar-refractivity contribution is -0.150. The lowest BCUT2D eigenvalue weighted by Gasteiger charge is -2.21. The lowest BCUT2D eigenvalue weighted by Crippen LogP contribution is -2.45. The number of carbonyl (C=O) groups excluding carboxylic acids is 1. The van der Waals surface area contributed by atoms with E-state index in [1.54, 1.807) is 24.3 Å². The molecule has 2 N–H and O–H groups in total. The summed E-state index contributed by atoms with van der Waals surface area (Å²) in [7, 11) is 0. The van der Waals surface area contributed by atoms with Crippen LogP contribution in [0.1, 0.15) is 12.2 Å². The zero-order chi connectivity index (χ0) is 20.4. The fourth-order valence-corrected chi connectivity index (χ4v) is 3.87. The second-order valence-electron chi connectivity index (χ2n) is 5.71. The zero-order valence-electron chi connectivity index (χ0n) is 14.0. The topological polar surface area (TPSA) is 108 Å². The summed E-state index contributed by atoms with van der Waals surface area (Å²) in [6.45, 7) is 0. The van der Waals surface area contributed by atoms with Gasteiger partial charge in [0.05, 0.1) is 11.3 Å². The van der Waals surface area contributed by atoms with Crippen molar-refractivity contribution in [2.24, 2.45) is 0 Å². The standard InChI is InChI=1S/C18H12FNO6S2/c19-10-3-1-9(2-4-10)13-6-5-11(26-13)7-14-16(23)20(18(27)28-14)12(17(24)25)8-15(21)22/h1-7,12H,8H2,(H,21,22)(H,24,25)/b14-7+/t12-/m1/s1. The summed E-state index contributed by atoms with van der Waals surface area (Å²) >= 11 is 5.92. The summed E-state index contributed by atoms with van der Waals surface area (Å²) in [5.41, 5.74) is 0.640. The third kappa shape index (κ3) is 4.12. The van der Waals surface area contributed by atoms with Gasteiger partial charge in [-0.05, 0) is 36.4 Å². The number of nitrogens with zero attached hydrogens (tertiary/aromatic N) is 1. The summed E-state index contributed by atoms with van der Waals surface area (Å²) in [6, 6.07) is 7.30. The van der Waals surface area contributed by atoms with Gasteiger partial charge in [0.25, 0.3) is 5.91 Å². The summed E-state index contributed by atoms with van der Waals surface area (Å²) in [5, 5.41) is 18.1. The number of hydrogen-bond donors (Lipinski definition) is 2. The highest BCUT2D eigenvalue weighted by molar-refractivity contribution is 8.26. The normalized spacial score (nSPS) is 16.6. The van der Waals surface area contributed by atoms with Gasteiger partial charge in [0, 0.05) is 11.6 Å². The number of hydrogen-bond acceptors (Lipinski definition) is 6. The predicted octanol–water partition coefficient (Wildman–Crippen LogP) is 3.21. The Kier molecular flexibility index (Phi) is 5.61. The maximum atomic E-state index is 13.0. The summed E-state index contributed by atoms with van der Waals surface area (Å²) in [6.07, 6.45) is 0.622. The van der Waals surface area contributed by atoms with E-state index in [1.165, 1.54) is 18.2 Å². The number of aliphatic carboxylic acids is 2. The van der Waals surface area contributed by atoms with Gasteiger partial charge in [0.2, 0.25) is 0 Å². The van der Waals surface area contributed by atoms with Crippen LogP contribution in [-0.2, 0) is 14.4 Å². The van der Waals surface area contributed by atoms with Crippen molar-refractivity contribution >= 4 is 52.2 Å². The van der Waals surface area contributed by atoms with Crippen molar-refractivity contribution in [3.05, 3.63) is 52.9 Å². The van der Waals surface area contributed by atoms with Crippen molar-refractivity contribution in [1.29, 1.82) is 0 Å². The van der Waals surface area contributed by atoms with Crippen LogP contribution < -0.4 is 0 Å². The van der Waals surface area contributed by atoms with Crippen LogP contribution in [0.5, 0.6) is 0 Å². The molecule has 1 atom stereocenters. The van der Waals surface area contributed by atoms with Gasteiger partial charge >= 0.3 is 11.9 Å². The number of thioether (sulfide) groups is 1. The molecule has 1 aliphatic rings. The number of carbonyl (C=O) groups is 3. The molecule has 1 aromatic carbocycles. The van der Waals surface area contributed by atoms with Crippen molar-refractivity contribution < 1.29 is 33.4 Å². The van der Waals surface area contributed by atoms with E-state index in [1.807, 2.05) is 0 Å². The summed E-state index contributed by atoms with van der Waals surface area (Å²) in [5.74, 6) is -3.14. The van der Waals surface area contributed by atoms with Gasteiger partial charge in [0.1, 0.15) is 27.7 Å². The highest BCUT2D eigenvalue weighted by atomic mass is 32.2. The Morgan fingerprint density at radius 3 is 2.50 bits per heavy atom. The third-order valence-corrected chi connectivity index (χ3v) is 5.15. The molecule has 10 heteroatoms. The molecule has 7 nitrogen and oxygen atoms in total. The van der Waals surface area contributed by atoms with E-state index >= 15 is 0 Å². The van der Waals surface area contributed by atoms with Gasteiger partial charge in [-0.25, -0.2) is 9.18 Å². The highest BCUT2D eigenvalue weighted by Crippen LogP contribution is 2.35. The number of halogens is 1. The minimum Gasteiger partial charge on any atom is -0.481 e. The molecular weight excluding hydrogens is 409 g/mol. The molecule has 0 spiro atoms. The van der Waals surface area contributed by atoms with Crippen LogP contribution >= 0.6 is 24.0 Å². The fourth-order valence-electron chi connectivity index (χ4n) is 2.53. The number of benzene rings is 1. The van der Waals surface area contributed by atoms with E-state index in [4.69, 9.17) is 21.7 Å². The second-order valence-corrected chi connectivity index (χ2v) is 7.39. The highest BCUT2D eigenvalue weighted by Gasteiger charge is 2.41. The average molecular weight is 421 g/mol. The van der Waals surface area contributed by atoms with Crippen molar-refractivity contribution in [3.63, 3.8) is 0 Å². The van der Waals surface area contributed by atoms with Crippen LogP contribution in [0.25, 0.3) is 17.4 Å². The first-order valence-corrected chi connectivity index (χ1v) is 9.06. The van der Waals surface area contributed by atoms with E-state index in [-0.39, 0.29) is 15.0 Å². The molecule has 28 heavy (non-hydrogen) atoms. The molecule has 1 aliphatic heterocycles. The van der Waals surface area contributed by atoms with Crippen LogP contribution in [0.2, 0.25) is 0 Å². The largest absolute Gasteiger partial charge is 0.481 e. The van der Waals surface area contributed by atoms with E-state index in [9.17, 15) is 23.9 Å². The Morgan fingerprint density at radius 2 is 1.89 bits per heavy atom. The zero-order valence-corrected chi connectivity index (χ0v) is 15.6. The Balaban J connectivity index is 1.85. The van der Waals surface area contributed by atoms with E-state index in [2.05, 4.69) is 0 Å². The van der Waals surface area contributed by atoms with Crippen LogP contribution in [0, 0.1) is 5.82 Å². The average Bonchev–Trinajstić information content (AvgIpc) is 3.19. The van der Waals surface area contributed by atoms with E-state index < -0.39 is 30.3 Å². The summed E-state index contributed by atoms with van der Waals surface area (Å²) < 4.78 is 18.6. The number of thiocarbonyl (C=S) groups is 1. The molecule has 0 saturated carbocycles. The molecular formula is C18H12FNO6S2. The third-order valence-electron chi connectivity index (χ3n) is 3.82. The van der Waals surface area contributed by atoms with Gasteiger partial charge in [-0.1, -0.05) is 24.0 Å². The monoisotopic (exact) mass is 421 g/mol. The first-order chi connectivity index (χ1) is 13.3. The molecule has 0 aliphatic carbocycles. The predicted molar refractivity (Wildman–Crippen MR) is 103 cm³/mol. The Bertz CT molecular complexity index is 998. The number of furan rings is 1. The minimum atomic E-state index is -1.60. The van der Waals surface area contributed by atoms with Crippen molar-refractivity contribution in [1.82, 2.24) is 4.90 Å². The number of carboxylic acids is 2. The molecule has 1 fully saturated rings. The quantitative estimate of drug-likeness (QED) is 0.541. The summed E-state index contributed by atoms with van der Waals surface area (Å²) in [4.78, 5) is 35.8. The van der Waals surface area contributed by atoms with Crippen LogP contribution in [0.4, 0.5) is 4.39 Å². The molecule has 2 aromatic rings. The Hall–Kier alpha value is -2.98. The van der Waals surface area contributed by atoms with Crippen LogP contribution in [-0.4, -0.2) is 43.3 Å². The molecule has 3 rings (SSSR count). The van der Waals surface area contributed by atoms with Crippen molar-refractivity contribution in [3.8, 4) is 11.3 Å². The van der Waals surface area contributed by atoms with Gasteiger partial charge in [-0.15, -0.1) is 0 Å². The molecule has 144 valence electrons. The fraction of sp³-hybridized carbons (Fsp3) is 0.111.